The summed E-state index contributed by atoms with van der Waals surface area (Å²) in [6.45, 7) is 2.21. The van der Waals surface area contributed by atoms with Gasteiger partial charge in [-0.1, -0.05) is 0 Å². The summed E-state index contributed by atoms with van der Waals surface area (Å²) in [6, 6.07) is 5.80. The number of carbonyl (C=O) groups is 1. The van der Waals surface area contributed by atoms with Crippen molar-refractivity contribution in [3.05, 3.63) is 42.0 Å². The van der Waals surface area contributed by atoms with Crippen LogP contribution < -0.4 is 5.32 Å². The lowest BCUT2D eigenvalue weighted by Crippen LogP contribution is -2.38. The minimum Gasteiger partial charge on any atom is -0.396 e. The van der Waals surface area contributed by atoms with Crippen molar-refractivity contribution >= 4 is 5.91 Å². The topological polar surface area (TPSA) is 80.0 Å². The van der Waals surface area contributed by atoms with E-state index >= 15 is 0 Å². The Morgan fingerprint density at radius 3 is 2.74 bits per heavy atom. The lowest BCUT2D eigenvalue weighted by molar-refractivity contribution is 0.0914. The van der Waals surface area contributed by atoms with Crippen molar-refractivity contribution in [3.63, 3.8) is 0 Å². The first-order valence-corrected chi connectivity index (χ1v) is 8.04. The zero-order valence-corrected chi connectivity index (χ0v) is 13.3. The molecule has 6 heteroatoms. The molecule has 1 amide bonds. The Morgan fingerprint density at radius 1 is 1.35 bits per heavy atom. The smallest absolute Gasteiger partial charge is 0.251 e. The standard InChI is InChI=1S/C17H22N4O2/c1-12-8-14(4-7-16(12)21-11-18-10-19-21)17(23)20-15-5-2-13(9-22)3-6-15/h4,7-8,10-11,13,15,22H,2-3,5-6,9H2,1H3,(H,20,23). The molecule has 3 rings (SSSR count). The van der Waals surface area contributed by atoms with Gasteiger partial charge in [0.05, 0.1) is 5.69 Å². The van der Waals surface area contributed by atoms with Gasteiger partial charge in [-0.25, -0.2) is 9.67 Å². The van der Waals surface area contributed by atoms with Crippen LogP contribution in [0, 0.1) is 12.8 Å². The molecular formula is C17H22N4O2. The third-order valence-corrected chi connectivity index (χ3v) is 4.56. The van der Waals surface area contributed by atoms with Crippen LogP contribution in [0.3, 0.4) is 0 Å². The lowest BCUT2D eigenvalue weighted by Gasteiger charge is -2.28. The first-order valence-electron chi connectivity index (χ1n) is 8.04. The number of benzene rings is 1. The molecule has 0 unspecified atom stereocenters. The number of hydrogen-bond acceptors (Lipinski definition) is 4. The monoisotopic (exact) mass is 314 g/mol. The van der Waals surface area contributed by atoms with Crippen LogP contribution in [0.25, 0.3) is 5.69 Å². The number of aryl methyl sites for hydroxylation is 1. The van der Waals surface area contributed by atoms with Crippen LogP contribution in [0.15, 0.2) is 30.9 Å². The Labute approximate surface area is 135 Å². The number of aromatic nitrogens is 3. The number of amides is 1. The number of nitrogens with one attached hydrogen (secondary N) is 1. The summed E-state index contributed by atoms with van der Waals surface area (Å²) in [5, 5.41) is 16.4. The van der Waals surface area contributed by atoms with Gasteiger partial charge in [0.15, 0.2) is 0 Å². The van der Waals surface area contributed by atoms with E-state index in [-0.39, 0.29) is 18.6 Å². The van der Waals surface area contributed by atoms with Crippen LogP contribution in [-0.4, -0.2) is 38.4 Å². The van der Waals surface area contributed by atoms with Crippen molar-refractivity contribution in [2.24, 2.45) is 5.92 Å². The molecule has 1 aromatic heterocycles. The van der Waals surface area contributed by atoms with Crippen LogP contribution in [0.2, 0.25) is 0 Å². The molecule has 0 saturated heterocycles. The van der Waals surface area contributed by atoms with E-state index in [1.807, 2.05) is 25.1 Å². The minimum absolute atomic E-state index is 0.0364. The van der Waals surface area contributed by atoms with E-state index in [9.17, 15) is 9.90 Å². The Hall–Kier alpha value is -2.21. The van der Waals surface area contributed by atoms with Crippen molar-refractivity contribution in [1.82, 2.24) is 20.1 Å². The van der Waals surface area contributed by atoms with E-state index < -0.39 is 0 Å². The number of aliphatic hydroxyl groups is 1. The summed E-state index contributed by atoms with van der Waals surface area (Å²) in [6.07, 6.45) is 6.96. The number of carbonyl (C=O) groups excluding carboxylic acids is 1. The molecule has 2 N–H and O–H groups in total. The highest BCUT2D eigenvalue weighted by Crippen LogP contribution is 2.24. The number of rotatable bonds is 4. The summed E-state index contributed by atoms with van der Waals surface area (Å²) < 4.78 is 1.69. The van der Waals surface area contributed by atoms with E-state index in [0.717, 1.165) is 36.9 Å². The molecule has 122 valence electrons. The molecule has 23 heavy (non-hydrogen) atoms. The van der Waals surface area contributed by atoms with E-state index in [1.165, 1.54) is 6.33 Å². The molecule has 0 spiro atoms. The fourth-order valence-corrected chi connectivity index (χ4v) is 3.14. The Kier molecular flexibility index (Phi) is 4.71. The third-order valence-electron chi connectivity index (χ3n) is 4.56. The molecular weight excluding hydrogens is 292 g/mol. The summed E-state index contributed by atoms with van der Waals surface area (Å²) in [5.41, 5.74) is 2.56. The number of hydrogen-bond donors (Lipinski definition) is 2. The molecule has 1 aliphatic carbocycles. The van der Waals surface area contributed by atoms with Crippen LogP contribution in [0.4, 0.5) is 0 Å². The summed E-state index contributed by atoms with van der Waals surface area (Å²) in [5.74, 6) is 0.359. The fraction of sp³-hybridized carbons (Fsp3) is 0.471. The lowest BCUT2D eigenvalue weighted by atomic mass is 9.86. The first-order chi connectivity index (χ1) is 11.2. The summed E-state index contributed by atoms with van der Waals surface area (Å²) in [7, 11) is 0. The van der Waals surface area contributed by atoms with Crippen LogP contribution in [0.1, 0.15) is 41.6 Å². The molecule has 0 aliphatic heterocycles. The Bertz CT molecular complexity index is 661. The number of aliphatic hydroxyl groups excluding tert-OH is 1. The van der Waals surface area contributed by atoms with Crippen molar-refractivity contribution in [2.45, 2.75) is 38.6 Å². The van der Waals surface area contributed by atoms with Gasteiger partial charge in [0.2, 0.25) is 0 Å². The average Bonchev–Trinajstić information content (AvgIpc) is 3.09. The molecule has 1 fully saturated rings. The predicted octanol–water partition coefficient (Wildman–Crippen LogP) is 1.86. The van der Waals surface area contributed by atoms with Gasteiger partial charge >= 0.3 is 0 Å². The van der Waals surface area contributed by atoms with Crippen molar-refractivity contribution in [1.29, 1.82) is 0 Å². The van der Waals surface area contributed by atoms with Gasteiger partial charge in [-0.3, -0.25) is 4.79 Å². The highest BCUT2D eigenvalue weighted by molar-refractivity contribution is 5.94. The van der Waals surface area contributed by atoms with Gasteiger partial charge in [0.25, 0.3) is 5.91 Å². The Balaban J connectivity index is 1.65. The molecule has 0 radical (unpaired) electrons. The van der Waals surface area contributed by atoms with Crippen LogP contribution in [-0.2, 0) is 0 Å². The number of nitrogens with zero attached hydrogens (tertiary/aromatic N) is 3. The molecule has 1 aromatic carbocycles. The second kappa shape index (κ2) is 6.91. The second-order valence-electron chi connectivity index (χ2n) is 6.22. The molecule has 0 atom stereocenters. The van der Waals surface area contributed by atoms with Gasteiger partial charge in [-0.2, -0.15) is 5.10 Å². The highest BCUT2D eigenvalue weighted by atomic mass is 16.3. The van der Waals surface area contributed by atoms with Crippen molar-refractivity contribution < 1.29 is 9.90 Å². The minimum atomic E-state index is -0.0364. The first kappa shape index (κ1) is 15.7. The average molecular weight is 314 g/mol. The molecule has 0 bridgehead atoms. The summed E-state index contributed by atoms with van der Waals surface area (Å²) >= 11 is 0. The second-order valence-corrected chi connectivity index (χ2v) is 6.22. The largest absolute Gasteiger partial charge is 0.396 e. The molecule has 1 saturated carbocycles. The van der Waals surface area contributed by atoms with Crippen LogP contribution >= 0.6 is 0 Å². The zero-order valence-electron chi connectivity index (χ0n) is 13.3. The van der Waals surface area contributed by atoms with Gasteiger partial charge in [-0.15, -0.1) is 0 Å². The van der Waals surface area contributed by atoms with E-state index in [2.05, 4.69) is 15.4 Å². The van der Waals surface area contributed by atoms with E-state index in [4.69, 9.17) is 0 Å². The third kappa shape index (κ3) is 3.59. The Morgan fingerprint density at radius 2 is 2.13 bits per heavy atom. The SMILES string of the molecule is Cc1cc(C(=O)NC2CCC(CO)CC2)ccc1-n1cncn1. The highest BCUT2D eigenvalue weighted by Gasteiger charge is 2.22. The van der Waals surface area contributed by atoms with Gasteiger partial charge in [-0.05, 0) is 62.3 Å². The maximum Gasteiger partial charge on any atom is 0.251 e. The normalized spacial score (nSPS) is 21.1. The van der Waals surface area contributed by atoms with Crippen molar-refractivity contribution in [2.75, 3.05) is 6.61 Å². The quantitative estimate of drug-likeness (QED) is 0.902. The van der Waals surface area contributed by atoms with E-state index in [0.29, 0.717) is 11.5 Å². The molecule has 1 aliphatic rings. The van der Waals surface area contributed by atoms with Gasteiger partial charge in [0.1, 0.15) is 12.7 Å². The van der Waals surface area contributed by atoms with Gasteiger partial charge < -0.3 is 10.4 Å². The molecule has 2 aromatic rings. The molecule has 1 heterocycles. The molecule has 6 nitrogen and oxygen atoms in total. The van der Waals surface area contributed by atoms with Crippen molar-refractivity contribution in [3.8, 4) is 5.69 Å². The predicted molar refractivity (Wildman–Crippen MR) is 86.4 cm³/mol. The van der Waals surface area contributed by atoms with E-state index in [1.54, 1.807) is 11.0 Å². The van der Waals surface area contributed by atoms with Gasteiger partial charge in [0, 0.05) is 18.2 Å². The zero-order chi connectivity index (χ0) is 16.2. The fourth-order valence-electron chi connectivity index (χ4n) is 3.14. The maximum atomic E-state index is 12.4. The maximum absolute atomic E-state index is 12.4. The van der Waals surface area contributed by atoms with Crippen LogP contribution in [0.5, 0.6) is 0 Å². The summed E-state index contributed by atoms with van der Waals surface area (Å²) in [4.78, 5) is 16.4.